The third-order valence-corrected chi connectivity index (χ3v) is 5.64. The molecular weight excluding hydrogens is 824 g/mol. The molecule has 16 atom stereocenters. The molecule has 0 spiro atoms. The van der Waals surface area contributed by atoms with Gasteiger partial charge in [0.05, 0.1) is 11.9 Å². The van der Waals surface area contributed by atoms with Gasteiger partial charge in [-0.3, -0.25) is 0 Å². The Bertz CT molecular complexity index is 948. The Labute approximate surface area is 326 Å². The van der Waals surface area contributed by atoms with Crippen molar-refractivity contribution < 1.29 is 158 Å². The second kappa shape index (κ2) is 32.4. The van der Waals surface area contributed by atoms with Crippen LogP contribution in [-0.4, -0.2) is 262 Å². The fraction of sp³-hybridized carbons (Fsp3) is 0.667. The standard InChI is InChI=1S/4C6H10O7.Cu.Mg/c4*7-1-2(8)3(9)4(10)5(11)6(12)13;;/h4*1-5,8-11H,(H,12,13);;/q;;;;;+2/p-2/t4*2-,3+,4-,5-;;/m0000../s1. The number of hydrogen-bond acceptors (Lipinski definition) is 26. The van der Waals surface area contributed by atoms with Crippen LogP contribution in [0.25, 0.3) is 0 Å². The first kappa shape index (κ1) is 63.2. The Morgan fingerprint density at radius 1 is 0.352 bits per heavy atom. The molecule has 0 fully saturated rings. The molecular formula is C24H38CuMgO28. The van der Waals surface area contributed by atoms with Crippen molar-refractivity contribution >= 4 is 72.1 Å². The topological polar surface area (TPSA) is 547 Å². The molecule has 18 N–H and O–H groups in total. The third-order valence-electron chi connectivity index (χ3n) is 5.64. The molecule has 0 amide bonds. The number of carbonyl (C=O) groups excluding carboxylic acids is 6. The van der Waals surface area contributed by atoms with E-state index in [9.17, 15) is 48.6 Å². The van der Waals surface area contributed by atoms with Crippen LogP contribution in [-0.2, 0) is 55.4 Å². The molecule has 0 aromatic carbocycles. The van der Waals surface area contributed by atoms with Gasteiger partial charge in [0.1, 0.15) is 85.5 Å². The number of aliphatic hydroxyl groups excluding tert-OH is 16. The maximum atomic E-state index is 10.1. The molecule has 54 heavy (non-hydrogen) atoms. The van der Waals surface area contributed by atoms with Crippen LogP contribution < -0.4 is 10.2 Å². The second-order valence-corrected chi connectivity index (χ2v) is 9.53. The molecule has 0 aromatic rings. The van der Waals surface area contributed by atoms with Crippen LogP contribution in [0, 0.1) is 0 Å². The smallest absolute Gasteiger partial charge is 0.547 e. The number of aliphatic carboxylic acids is 4. The van der Waals surface area contributed by atoms with E-state index in [-0.39, 0.29) is 65.3 Å². The van der Waals surface area contributed by atoms with Gasteiger partial charge in [-0.2, -0.15) is 0 Å². The molecule has 0 aliphatic heterocycles. The van der Waals surface area contributed by atoms with Gasteiger partial charge in [-0.1, -0.05) is 0 Å². The monoisotopic (exact) mass is 861 g/mol. The van der Waals surface area contributed by atoms with Crippen LogP contribution in [0.15, 0.2) is 0 Å². The maximum absolute atomic E-state index is 10.1. The minimum absolute atomic E-state index is 0. The number of rotatable bonds is 20. The van der Waals surface area contributed by atoms with Crippen molar-refractivity contribution in [1.29, 1.82) is 0 Å². The molecule has 0 aliphatic rings. The summed E-state index contributed by atoms with van der Waals surface area (Å²) in [7, 11) is 0. The van der Waals surface area contributed by atoms with Gasteiger partial charge in [0.2, 0.25) is 0 Å². The van der Waals surface area contributed by atoms with Crippen LogP contribution in [0.1, 0.15) is 0 Å². The average Bonchev–Trinajstić information content (AvgIpc) is 3.12. The fourth-order valence-electron chi connectivity index (χ4n) is 2.45. The van der Waals surface area contributed by atoms with E-state index < -0.39 is 122 Å². The average molecular weight is 862 g/mol. The summed E-state index contributed by atoms with van der Waals surface area (Å²) in [4.78, 5) is 79.6. The third kappa shape index (κ3) is 23.9. The van der Waals surface area contributed by atoms with E-state index in [1.807, 2.05) is 0 Å². The van der Waals surface area contributed by atoms with Crippen LogP contribution >= 0.6 is 0 Å². The molecule has 0 saturated carbocycles. The summed E-state index contributed by atoms with van der Waals surface area (Å²) in [5.74, 6) is -7.54. The van der Waals surface area contributed by atoms with Gasteiger partial charge in [-0.15, -0.1) is 0 Å². The van der Waals surface area contributed by atoms with Gasteiger partial charge in [-0.25, -0.2) is 9.59 Å². The van der Waals surface area contributed by atoms with E-state index in [1.165, 1.54) is 0 Å². The predicted molar refractivity (Wildman–Crippen MR) is 151 cm³/mol. The Balaban J connectivity index is -0.000000140. The molecule has 315 valence electrons. The number of carboxylic acids is 4. The van der Waals surface area contributed by atoms with Crippen molar-refractivity contribution in [3.8, 4) is 0 Å². The quantitative estimate of drug-likeness (QED) is 0.0399. The zero-order chi connectivity index (χ0) is 42.4. The first-order valence-electron chi connectivity index (χ1n) is 13.2. The van der Waals surface area contributed by atoms with Crippen LogP contribution in [0.5, 0.6) is 0 Å². The Kier molecular flexibility index (Phi) is 38.0. The Morgan fingerprint density at radius 3 is 0.611 bits per heavy atom. The van der Waals surface area contributed by atoms with E-state index in [4.69, 9.17) is 91.9 Å². The predicted octanol–water partition coefficient (Wildman–Crippen LogP) is -16.2. The van der Waals surface area contributed by atoms with Crippen molar-refractivity contribution in [2.75, 3.05) is 0 Å². The molecule has 28 nitrogen and oxygen atoms in total. The Morgan fingerprint density at radius 2 is 0.500 bits per heavy atom. The molecule has 0 saturated heterocycles. The number of hydrogen-bond donors (Lipinski definition) is 18. The molecule has 0 aromatic heterocycles. The van der Waals surface area contributed by atoms with E-state index in [1.54, 1.807) is 0 Å². The summed E-state index contributed by atoms with van der Waals surface area (Å²) in [6.45, 7) is 0. The summed E-state index contributed by atoms with van der Waals surface area (Å²) >= 11 is 0. The molecule has 30 heteroatoms. The maximum Gasteiger partial charge on any atom is 2.00 e. The number of aliphatic hydroxyl groups is 16. The fourth-order valence-corrected chi connectivity index (χ4v) is 2.45. The normalized spacial score (nSPS) is 19.3. The summed E-state index contributed by atoms with van der Waals surface area (Å²) in [6.07, 6.45) is -34.1. The van der Waals surface area contributed by atoms with Gasteiger partial charge in [0.25, 0.3) is 0 Å². The second-order valence-electron chi connectivity index (χ2n) is 9.53. The van der Waals surface area contributed by atoms with Crippen LogP contribution in [0.3, 0.4) is 0 Å². The van der Waals surface area contributed by atoms with Gasteiger partial charge in [0, 0.05) is 17.1 Å². The van der Waals surface area contributed by atoms with E-state index in [2.05, 4.69) is 0 Å². The summed E-state index contributed by atoms with van der Waals surface area (Å²) < 4.78 is 0. The van der Waals surface area contributed by atoms with Crippen LogP contribution in [0.2, 0.25) is 0 Å². The number of carboxylic acid groups (broad SMARTS) is 4. The van der Waals surface area contributed by atoms with Crippen molar-refractivity contribution in [2.24, 2.45) is 0 Å². The van der Waals surface area contributed by atoms with Gasteiger partial charge >= 0.3 is 35.0 Å². The first-order chi connectivity index (χ1) is 23.7. The molecule has 0 bridgehead atoms. The van der Waals surface area contributed by atoms with Crippen molar-refractivity contribution in [3.05, 3.63) is 0 Å². The van der Waals surface area contributed by atoms with E-state index in [0.29, 0.717) is 0 Å². The molecule has 1 radical (unpaired) electrons. The summed E-state index contributed by atoms with van der Waals surface area (Å²) in [5, 5.41) is 176. The number of aldehydes is 4. The summed E-state index contributed by atoms with van der Waals surface area (Å²) in [5.41, 5.74) is 0. The minimum Gasteiger partial charge on any atom is -0.547 e. The van der Waals surface area contributed by atoms with E-state index >= 15 is 0 Å². The van der Waals surface area contributed by atoms with Gasteiger partial charge in [0.15, 0.2) is 37.4 Å². The zero-order valence-electron chi connectivity index (χ0n) is 26.7. The molecule has 0 aliphatic carbocycles. The number of carbonyl (C=O) groups is 8. The van der Waals surface area contributed by atoms with Crippen molar-refractivity contribution in [3.63, 3.8) is 0 Å². The zero-order valence-corrected chi connectivity index (χ0v) is 29.0. The SMILES string of the molecule is O=C[C@H](O)[C@@H](O)[C@H](O)[C@H](O)C(=O)O.O=C[C@H](O)[C@@H](O)[C@H](O)[C@H](O)C(=O)O.O=C[C@H](O)[C@@H](O)[C@H](O)[C@H](O)C(=O)[O-].O=C[C@H](O)[C@@H](O)[C@H](O)[C@H](O)C(=O)[O-].[Cu].[Mg+2]. The first-order valence-corrected chi connectivity index (χ1v) is 13.2. The van der Waals surface area contributed by atoms with Gasteiger partial charge in [-0.05, 0) is 0 Å². The molecule has 0 rings (SSSR count). The Hall–Kier alpha value is -2.79. The van der Waals surface area contributed by atoms with Crippen molar-refractivity contribution in [1.82, 2.24) is 0 Å². The van der Waals surface area contributed by atoms with Crippen molar-refractivity contribution in [2.45, 2.75) is 97.7 Å². The molecule has 0 heterocycles. The molecule has 0 unspecified atom stereocenters. The van der Waals surface area contributed by atoms with E-state index in [0.717, 1.165) is 0 Å². The van der Waals surface area contributed by atoms with Crippen LogP contribution in [0.4, 0.5) is 0 Å². The summed E-state index contributed by atoms with van der Waals surface area (Å²) in [6, 6.07) is 0. The largest absolute Gasteiger partial charge is 2.00 e. The minimum atomic E-state index is -2.36. The van der Waals surface area contributed by atoms with Gasteiger partial charge < -0.3 is 131 Å².